The highest BCUT2D eigenvalue weighted by atomic mass is 28.4. The Hall–Kier alpha value is -0.763. The van der Waals surface area contributed by atoms with Gasteiger partial charge in [0.2, 0.25) is 8.32 Å². The summed E-state index contributed by atoms with van der Waals surface area (Å²) < 4.78 is 6.27. The van der Waals surface area contributed by atoms with Crippen molar-refractivity contribution in [3.05, 3.63) is 29.3 Å². The molecule has 1 nitrogen and oxygen atoms in total. The Labute approximate surface area is 101 Å². The second-order valence-electron chi connectivity index (χ2n) is 6.19. The van der Waals surface area contributed by atoms with E-state index >= 15 is 0 Å². The largest absolute Gasteiger partial charge is 0.543 e. The molecule has 0 aromatic heterocycles. The van der Waals surface area contributed by atoms with Crippen molar-refractivity contribution in [3.63, 3.8) is 0 Å². The van der Waals surface area contributed by atoms with E-state index in [0.29, 0.717) is 0 Å². The highest BCUT2D eigenvalue weighted by Gasteiger charge is 2.38. The van der Waals surface area contributed by atoms with E-state index in [2.05, 4.69) is 65.9 Å². The Morgan fingerprint density at radius 2 is 1.38 bits per heavy atom. The molecule has 0 unspecified atom stereocenters. The van der Waals surface area contributed by atoms with Crippen molar-refractivity contribution in [1.29, 1.82) is 0 Å². The zero-order chi connectivity index (χ0) is 12.6. The molecule has 0 atom stereocenters. The van der Waals surface area contributed by atoms with Crippen LogP contribution in [0.1, 0.15) is 31.9 Å². The first-order chi connectivity index (χ1) is 7.12. The number of hydrogen-bond acceptors (Lipinski definition) is 1. The lowest BCUT2D eigenvalue weighted by Gasteiger charge is -2.36. The number of rotatable bonds is 2. The Bertz CT molecular complexity index is 355. The van der Waals surface area contributed by atoms with Crippen LogP contribution in [0.25, 0.3) is 0 Å². The van der Waals surface area contributed by atoms with Gasteiger partial charge in [-0.3, -0.25) is 0 Å². The molecule has 1 rings (SSSR count). The van der Waals surface area contributed by atoms with Crippen LogP contribution in [0.3, 0.4) is 0 Å². The zero-order valence-corrected chi connectivity index (χ0v) is 12.6. The van der Waals surface area contributed by atoms with Crippen LogP contribution in [0, 0.1) is 13.8 Å². The Morgan fingerprint density at radius 1 is 0.938 bits per heavy atom. The SMILES string of the molecule is Cc1cc(C)cc(O[Si](C)(C)C(C)(C)C)c1. The average Bonchev–Trinajstić information content (AvgIpc) is 1.97. The second kappa shape index (κ2) is 4.25. The molecule has 0 aliphatic heterocycles. The van der Waals surface area contributed by atoms with Crippen LogP contribution in [0.5, 0.6) is 5.75 Å². The van der Waals surface area contributed by atoms with Gasteiger partial charge in [0.25, 0.3) is 0 Å². The van der Waals surface area contributed by atoms with E-state index in [9.17, 15) is 0 Å². The van der Waals surface area contributed by atoms with E-state index in [0.717, 1.165) is 5.75 Å². The van der Waals surface area contributed by atoms with E-state index in [-0.39, 0.29) is 5.04 Å². The Balaban J connectivity index is 2.96. The standard InChI is InChI=1S/C14H24OSi/c1-11-8-12(2)10-13(9-11)15-16(6,7)14(3,4)5/h8-10H,1-7H3. The van der Waals surface area contributed by atoms with E-state index in [1.54, 1.807) is 0 Å². The quantitative estimate of drug-likeness (QED) is 0.677. The van der Waals surface area contributed by atoms with Gasteiger partial charge in [-0.15, -0.1) is 0 Å². The number of hydrogen-bond donors (Lipinski definition) is 0. The second-order valence-corrected chi connectivity index (χ2v) is 10.9. The van der Waals surface area contributed by atoms with Gasteiger partial charge in [-0.05, 0) is 55.2 Å². The lowest BCUT2D eigenvalue weighted by Crippen LogP contribution is -2.43. The minimum absolute atomic E-state index is 0.255. The molecular formula is C14H24OSi. The lowest BCUT2D eigenvalue weighted by atomic mass is 10.1. The first-order valence-corrected chi connectivity index (χ1v) is 8.80. The maximum absolute atomic E-state index is 6.27. The lowest BCUT2D eigenvalue weighted by molar-refractivity contribution is 0.491. The van der Waals surface area contributed by atoms with Gasteiger partial charge in [0, 0.05) is 0 Å². The fraction of sp³-hybridized carbons (Fsp3) is 0.571. The third-order valence-electron chi connectivity index (χ3n) is 3.37. The predicted octanol–water partition coefficient (Wildman–Crippen LogP) is 4.69. The highest BCUT2D eigenvalue weighted by molar-refractivity contribution is 6.74. The summed E-state index contributed by atoms with van der Waals surface area (Å²) in [5.74, 6) is 1.03. The van der Waals surface area contributed by atoms with Crippen molar-refractivity contribution >= 4 is 8.32 Å². The van der Waals surface area contributed by atoms with Gasteiger partial charge in [0.05, 0.1) is 0 Å². The van der Waals surface area contributed by atoms with Gasteiger partial charge >= 0.3 is 0 Å². The fourth-order valence-electron chi connectivity index (χ4n) is 1.44. The van der Waals surface area contributed by atoms with Gasteiger partial charge in [-0.25, -0.2) is 0 Å². The van der Waals surface area contributed by atoms with Crippen LogP contribution in [0.15, 0.2) is 18.2 Å². The van der Waals surface area contributed by atoms with Crippen molar-refractivity contribution in [2.24, 2.45) is 0 Å². The molecule has 0 fully saturated rings. The van der Waals surface area contributed by atoms with Gasteiger partial charge in [-0.1, -0.05) is 26.8 Å². The molecule has 90 valence electrons. The molecule has 0 radical (unpaired) electrons. The van der Waals surface area contributed by atoms with Crippen LogP contribution < -0.4 is 4.43 Å². The summed E-state index contributed by atoms with van der Waals surface area (Å²) >= 11 is 0. The summed E-state index contributed by atoms with van der Waals surface area (Å²) in [6, 6.07) is 6.44. The molecule has 0 aliphatic carbocycles. The molecule has 0 N–H and O–H groups in total. The first kappa shape index (κ1) is 13.3. The maximum Gasteiger partial charge on any atom is 0.250 e. The van der Waals surface area contributed by atoms with E-state index in [4.69, 9.17) is 4.43 Å². The molecule has 0 spiro atoms. The summed E-state index contributed by atoms with van der Waals surface area (Å²) in [5, 5.41) is 0.255. The van der Waals surface area contributed by atoms with Gasteiger partial charge in [0.1, 0.15) is 5.75 Å². The van der Waals surface area contributed by atoms with Crippen molar-refractivity contribution in [1.82, 2.24) is 0 Å². The van der Waals surface area contributed by atoms with Crippen molar-refractivity contribution in [2.45, 2.75) is 52.8 Å². The van der Waals surface area contributed by atoms with E-state index < -0.39 is 8.32 Å². The highest BCUT2D eigenvalue weighted by Crippen LogP contribution is 2.37. The molecule has 0 saturated heterocycles. The van der Waals surface area contributed by atoms with E-state index in [1.807, 2.05) is 0 Å². The predicted molar refractivity (Wildman–Crippen MR) is 73.7 cm³/mol. The molecule has 16 heavy (non-hydrogen) atoms. The summed E-state index contributed by atoms with van der Waals surface area (Å²) in [6.45, 7) is 15.6. The Kier molecular flexibility index (Phi) is 3.53. The van der Waals surface area contributed by atoms with E-state index in [1.165, 1.54) is 11.1 Å². The molecule has 0 heterocycles. The summed E-state index contributed by atoms with van der Waals surface area (Å²) in [7, 11) is -1.69. The molecular weight excluding hydrogens is 212 g/mol. The van der Waals surface area contributed by atoms with Crippen molar-refractivity contribution in [2.75, 3.05) is 0 Å². The molecule has 2 heteroatoms. The van der Waals surface area contributed by atoms with Crippen LogP contribution in [0.4, 0.5) is 0 Å². The van der Waals surface area contributed by atoms with Crippen molar-refractivity contribution in [3.8, 4) is 5.75 Å². The smallest absolute Gasteiger partial charge is 0.250 e. The van der Waals surface area contributed by atoms with Crippen LogP contribution in [-0.4, -0.2) is 8.32 Å². The number of benzene rings is 1. The monoisotopic (exact) mass is 236 g/mol. The summed E-state index contributed by atoms with van der Waals surface area (Å²) in [6.07, 6.45) is 0. The van der Waals surface area contributed by atoms with Gasteiger partial charge in [-0.2, -0.15) is 0 Å². The van der Waals surface area contributed by atoms with Crippen molar-refractivity contribution < 1.29 is 4.43 Å². The third kappa shape index (κ3) is 3.11. The summed E-state index contributed by atoms with van der Waals surface area (Å²) in [5.41, 5.74) is 2.54. The first-order valence-electron chi connectivity index (χ1n) is 5.89. The summed E-state index contributed by atoms with van der Waals surface area (Å²) in [4.78, 5) is 0. The average molecular weight is 236 g/mol. The third-order valence-corrected chi connectivity index (χ3v) is 7.73. The van der Waals surface area contributed by atoms with Crippen LogP contribution in [0.2, 0.25) is 18.1 Å². The molecule has 0 aliphatic rings. The van der Waals surface area contributed by atoms with Crippen LogP contribution >= 0.6 is 0 Å². The normalized spacial score (nSPS) is 12.7. The molecule has 0 amide bonds. The van der Waals surface area contributed by atoms with Crippen LogP contribution in [-0.2, 0) is 0 Å². The minimum atomic E-state index is -1.69. The number of aryl methyl sites for hydroxylation is 2. The zero-order valence-electron chi connectivity index (χ0n) is 11.6. The molecule has 1 aromatic carbocycles. The topological polar surface area (TPSA) is 9.23 Å². The maximum atomic E-state index is 6.27. The van der Waals surface area contributed by atoms with Gasteiger partial charge in [0.15, 0.2) is 0 Å². The van der Waals surface area contributed by atoms with Gasteiger partial charge < -0.3 is 4.43 Å². The molecule has 0 saturated carbocycles. The minimum Gasteiger partial charge on any atom is -0.543 e. The fourth-order valence-corrected chi connectivity index (χ4v) is 2.45. The Morgan fingerprint density at radius 3 is 1.75 bits per heavy atom. The molecule has 0 bridgehead atoms. The molecule has 1 aromatic rings.